The predicted octanol–water partition coefficient (Wildman–Crippen LogP) is 4.47. The van der Waals surface area contributed by atoms with Gasteiger partial charge in [0.1, 0.15) is 29.2 Å². The standard InChI is InChI=1S/C23H17ClF2N6/c24-19-17(25)5-4-13-2-1-3-15(18(13)19)21-20(26)22-16(10-29-21)23(31-12-30-22)32-9-8-28-14(11-32)6-7-27/h1-5,10,12,14,28H,6,8-9,11H2. The van der Waals surface area contributed by atoms with Crippen LogP contribution in [0.1, 0.15) is 6.42 Å². The fraction of sp³-hybridized carbons (Fsp3) is 0.217. The highest BCUT2D eigenvalue weighted by Crippen LogP contribution is 2.37. The minimum Gasteiger partial charge on any atom is -0.353 e. The molecule has 2 aromatic heterocycles. The molecule has 0 amide bonds. The summed E-state index contributed by atoms with van der Waals surface area (Å²) in [5, 5.41) is 13.8. The fourth-order valence-electron chi connectivity index (χ4n) is 4.19. The molecule has 1 aliphatic rings. The van der Waals surface area contributed by atoms with E-state index in [4.69, 9.17) is 16.9 Å². The zero-order valence-electron chi connectivity index (χ0n) is 16.8. The highest BCUT2D eigenvalue weighted by Gasteiger charge is 2.24. The van der Waals surface area contributed by atoms with Crippen molar-refractivity contribution in [3.63, 3.8) is 0 Å². The molecule has 2 aromatic carbocycles. The van der Waals surface area contributed by atoms with Gasteiger partial charge in [-0.15, -0.1) is 0 Å². The number of halogens is 3. The van der Waals surface area contributed by atoms with Crippen LogP contribution in [-0.2, 0) is 0 Å². The van der Waals surface area contributed by atoms with Crippen molar-refractivity contribution in [1.82, 2.24) is 20.3 Å². The SMILES string of the molecule is N#CCC1CN(c2ncnc3c(F)c(-c4cccc5ccc(F)c(Cl)c45)ncc23)CCN1. The summed E-state index contributed by atoms with van der Waals surface area (Å²) >= 11 is 6.23. The van der Waals surface area contributed by atoms with Gasteiger partial charge in [0, 0.05) is 42.8 Å². The molecule has 3 heterocycles. The van der Waals surface area contributed by atoms with Crippen molar-refractivity contribution in [3.8, 4) is 17.3 Å². The van der Waals surface area contributed by atoms with Crippen molar-refractivity contribution in [2.75, 3.05) is 24.5 Å². The lowest BCUT2D eigenvalue weighted by atomic mass is 10.0. The van der Waals surface area contributed by atoms with E-state index in [1.165, 1.54) is 18.6 Å². The highest BCUT2D eigenvalue weighted by molar-refractivity contribution is 6.36. The molecule has 1 N–H and O–H groups in total. The molecule has 5 rings (SSSR count). The molecule has 0 spiro atoms. The maximum atomic E-state index is 15.7. The summed E-state index contributed by atoms with van der Waals surface area (Å²) in [6.07, 6.45) is 3.23. The summed E-state index contributed by atoms with van der Waals surface area (Å²) in [5.41, 5.74) is 0.561. The van der Waals surface area contributed by atoms with Crippen molar-refractivity contribution in [2.24, 2.45) is 0 Å². The zero-order valence-corrected chi connectivity index (χ0v) is 17.6. The lowest BCUT2D eigenvalue weighted by Gasteiger charge is -2.34. The third-order valence-electron chi connectivity index (χ3n) is 5.68. The molecular weight excluding hydrogens is 434 g/mol. The molecule has 1 unspecified atom stereocenters. The van der Waals surface area contributed by atoms with E-state index in [1.54, 1.807) is 24.3 Å². The number of nitriles is 1. The van der Waals surface area contributed by atoms with E-state index in [-0.39, 0.29) is 22.3 Å². The summed E-state index contributed by atoms with van der Waals surface area (Å²) in [6.45, 7) is 1.92. The third kappa shape index (κ3) is 3.40. The number of hydrogen-bond acceptors (Lipinski definition) is 6. The van der Waals surface area contributed by atoms with Gasteiger partial charge in [0.15, 0.2) is 5.82 Å². The number of nitrogens with one attached hydrogen (secondary N) is 1. The number of fused-ring (bicyclic) bond motifs is 2. The summed E-state index contributed by atoms with van der Waals surface area (Å²) in [5.74, 6) is -0.634. The number of piperazine rings is 1. The second kappa shape index (κ2) is 8.26. The van der Waals surface area contributed by atoms with E-state index >= 15 is 4.39 Å². The van der Waals surface area contributed by atoms with E-state index in [0.717, 1.165) is 0 Å². The van der Waals surface area contributed by atoms with Gasteiger partial charge in [-0.05, 0) is 11.5 Å². The molecular formula is C23H17ClF2N6. The topological polar surface area (TPSA) is 77.7 Å². The smallest absolute Gasteiger partial charge is 0.175 e. The molecule has 1 fully saturated rings. The van der Waals surface area contributed by atoms with E-state index in [2.05, 4.69) is 26.3 Å². The normalized spacial score (nSPS) is 16.4. The number of hydrogen-bond donors (Lipinski definition) is 1. The Bertz CT molecular complexity index is 1390. The summed E-state index contributed by atoms with van der Waals surface area (Å²) in [6, 6.07) is 10.3. The first-order chi connectivity index (χ1) is 15.6. The molecule has 1 aliphatic heterocycles. The summed E-state index contributed by atoms with van der Waals surface area (Å²) in [7, 11) is 0. The van der Waals surface area contributed by atoms with Crippen LogP contribution in [0.25, 0.3) is 32.9 Å². The van der Waals surface area contributed by atoms with Gasteiger partial charge in [-0.3, -0.25) is 4.98 Å². The number of nitrogens with zero attached hydrogens (tertiary/aromatic N) is 5. The summed E-state index contributed by atoms with van der Waals surface area (Å²) < 4.78 is 29.8. The van der Waals surface area contributed by atoms with Gasteiger partial charge in [0.2, 0.25) is 0 Å². The molecule has 0 aliphatic carbocycles. The molecule has 0 radical (unpaired) electrons. The Kier molecular flexibility index (Phi) is 5.29. The lowest BCUT2D eigenvalue weighted by molar-refractivity contribution is 0.461. The Balaban J connectivity index is 1.65. The molecule has 9 heteroatoms. The predicted molar refractivity (Wildman–Crippen MR) is 119 cm³/mol. The van der Waals surface area contributed by atoms with Crippen LogP contribution >= 0.6 is 11.6 Å². The average Bonchev–Trinajstić information content (AvgIpc) is 2.82. The van der Waals surface area contributed by atoms with Gasteiger partial charge in [-0.2, -0.15) is 5.26 Å². The number of pyridine rings is 1. The monoisotopic (exact) mass is 450 g/mol. The molecule has 6 nitrogen and oxygen atoms in total. The van der Waals surface area contributed by atoms with Crippen molar-refractivity contribution in [1.29, 1.82) is 5.26 Å². The van der Waals surface area contributed by atoms with Crippen LogP contribution < -0.4 is 10.2 Å². The maximum absolute atomic E-state index is 15.7. The Labute approximate surface area is 187 Å². The second-order valence-corrected chi connectivity index (χ2v) is 7.98. The van der Waals surface area contributed by atoms with Crippen molar-refractivity contribution < 1.29 is 8.78 Å². The number of rotatable bonds is 3. The van der Waals surface area contributed by atoms with Gasteiger partial charge < -0.3 is 10.2 Å². The zero-order chi connectivity index (χ0) is 22.2. The van der Waals surface area contributed by atoms with Crippen LogP contribution in [0, 0.1) is 23.0 Å². The Morgan fingerprint density at radius 3 is 2.91 bits per heavy atom. The minimum absolute atomic E-state index is 0.00330. The largest absolute Gasteiger partial charge is 0.353 e. The van der Waals surface area contributed by atoms with Gasteiger partial charge >= 0.3 is 0 Å². The Morgan fingerprint density at radius 2 is 2.06 bits per heavy atom. The molecule has 1 atom stereocenters. The van der Waals surface area contributed by atoms with Crippen LogP contribution in [0.15, 0.2) is 42.9 Å². The lowest BCUT2D eigenvalue weighted by Crippen LogP contribution is -2.50. The van der Waals surface area contributed by atoms with E-state index in [9.17, 15) is 4.39 Å². The van der Waals surface area contributed by atoms with Crippen LogP contribution in [0.5, 0.6) is 0 Å². The maximum Gasteiger partial charge on any atom is 0.175 e. The van der Waals surface area contributed by atoms with Gasteiger partial charge in [0.05, 0.1) is 22.9 Å². The molecule has 4 aromatic rings. The molecule has 160 valence electrons. The first-order valence-electron chi connectivity index (χ1n) is 10.1. The quantitative estimate of drug-likeness (QED) is 0.496. The van der Waals surface area contributed by atoms with Crippen LogP contribution in [0.3, 0.4) is 0 Å². The first-order valence-corrected chi connectivity index (χ1v) is 10.5. The summed E-state index contributed by atoms with van der Waals surface area (Å²) in [4.78, 5) is 14.9. The van der Waals surface area contributed by atoms with E-state index in [1.807, 2.05) is 4.90 Å². The van der Waals surface area contributed by atoms with E-state index < -0.39 is 11.6 Å². The van der Waals surface area contributed by atoms with Crippen molar-refractivity contribution in [3.05, 3.63) is 59.5 Å². The van der Waals surface area contributed by atoms with Crippen LogP contribution in [-0.4, -0.2) is 40.6 Å². The third-order valence-corrected chi connectivity index (χ3v) is 6.05. The first kappa shape index (κ1) is 20.5. The second-order valence-electron chi connectivity index (χ2n) is 7.60. The molecule has 0 bridgehead atoms. The number of aromatic nitrogens is 3. The fourth-order valence-corrected chi connectivity index (χ4v) is 4.46. The van der Waals surface area contributed by atoms with Crippen molar-refractivity contribution in [2.45, 2.75) is 12.5 Å². The average molecular weight is 451 g/mol. The van der Waals surface area contributed by atoms with Crippen molar-refractivity contribution >= 4 is 39.1 Å². The molecule has 32 heavy (non-hydrogen) atoms. The van der Waals surface area contributed by atoms with Gasteiger partial charge in [0.25, 0.3) is 0 Å². The van der Waals surface area contributed by atoms with E-state index in [0.29, 0.717) is 53.6 Å². The highest BCUT2D eigenvalue weighted by atomic mass is 35.5. The Hall–Kier alpha value is -3.41. The van der Waals surface area contributed by atoms with Gasteiger partial charge in [-0.25, -0.2) is 18.7 Å². The van der Waals surface area contributed by atoms with Crippen LogP contribution in [0.4, 0.5) is 14.6 Å². The number of anilines is 1. The van der Waals surface area contributed by atoms with Gasteiger partial charge in [-0.1, -0.05) is 35.9 Å². The Morgan fingerprint density at radius 1 is 1.19 bits per heavy atom. The molecule has 0 saturated carbocycles. The molecule has 1 saturated heterocycles. The van der Waals surface area contributed by atoms with Crippen LogP contribution in [0.2, 0.25) is 5.02 Å². The minimum atomic E-state index is -0.623. The number of benzene rings is 2.